The standard InChI is InChI=1S/CN.CH2O3.Na/c1-2;2-1(3)4;/h;(H2,2,3,4);/q-1;;+1. The van der Waals surface area contributed by atoms with Crippen molar-refractivity contribution in [3.63, 3.8) is 0 Å². The molecule has 0 aliphatic carbocycles. The molecule has 0 saturated carbocycles. The van der Waals surface area contributed by atoms with E-state index >= 15 is 0 Å². The van der Waals surface area contributed by atoms with Crippen LogP contribution in [0.2, 0.25) is 0 Å². The zero-order valence-corrected chi connectivity index (χ0v) is 5.75. The molecule has 0 unspecified atom stereocenters. The Balaban J connectivity index is -0.0000000480. The summed E-state index contributed by atoms with van der Waals surface area (Å²) >= 11 is 0. The van der Waals surface area contributed by atoms with Gasteiger partial charge in [0, 0.05) is 0 Å². The molecule has 0 aliphatic heterocycles. The van der Waals surface area contributed by atoms with Crippen LogP contribution >= 0.6 is 0 Å². The Morgan fingerprint density at radius 1 is 1.43 bits per heavy atom. The van der Waals surface area contributed by atoms with Crippen LogP contribution < -0.4 is 29.6 Å². The van der Waals surface area contributed by atoms with E-state index in [1.54, 1.807) is 0 Å². The summed E-state index contributed by atoms with van der Waals surface area (Å²) in [6.07, 6.45) is -1.83. The van der Waals surface area contributed by atoms with Crippen molar-refractivity contribution in [3.8, 4) is 0 Å². The van der Waals surface area contributed by atoms with E-state index in [1.165, 1.54) is 0 Å². The average Bonchev–Trinajstić information content (AvgIpc) is 1.41. The van der Waals surface area contributed by atoms with Gasteiger partial charge >= 0.3 is 35.7 Å². The molecule has 0 aromatic carbocycles. The predicted octanol–water partition coefficient (Wildman–Crippen LogP) is -2.68. The molecule has 0 spiro atoms. The van der Waals surface area contributed by atoms with Gasteiger partial charge in [-0.3, -0.25) is 0 Å². The Labute approximate surface area is 62.7 Å². The molecule has 0 amide bonds. The molecular formula is C2H2NNaO3. The molecule has 0 aliphatic rings. The van der Waals surface area contributed by atoms with E-state index in [2.05, 4.69) is 0 Å². The topological polar surface area (TPSA) is 81.3 Å². The molecular weight excluding hydrogens is 109 g/mol. The molecule has 0 bridgehead atoms. The zero-order chi connectivity index (χ0) is 5.58. The molecule has 0 heterocycles. The zero-order valence-electron chi connectivity index (χ0n) is 3.75. The normalized spacial score (nSPS) is 3.71. The van der Waals surface area contributed by atoms with E-state index in [1.807, 2.05) is 0 Å². The third-order valence-corrected chi connectivity index (χ3v) is 0. The van der Waals surface area contributed by atoms with Crippen LogP contribution in [0.3, 0.4) is 0 Å². The van der Waals surface area contributed by atoms with Gasteiger partial charge in [0.1, 0.15) is 0 Å². The van der Waals surface area contributed by atoms with Crippen LogP contribution in [0.1, 0.15) is 0 Å². The maximum atomic E-state index is 8.56. The van der Waals surface area contributed by atoms with Crippen LogP contribution in [0, 0.1) is 11.8 Å². The average molecular weight is 111 g/mol. The van der Waals surface area contributed by atoms with Gasteiger partial charge in [-0.05, 0) is 0 Å². The summed E-state index contributed by atoms with van der Waals surface area (Å²) in [5.41, 5.74) is 0. The summed E-state index contributed by atoms with van der Waals surface area (Å²) in [4.78, 5) is 8.56. The van der Waals surface area contributed by atoms with E-state index in [4.69, 9.17) is 26.8 Å². The maximum absolute atomic E-state index is 8.56. The second-order valence-electron chi connectivity index (χ2n) is 0.283. The number of carbonyl (C=O) groups is 1. The molecule has 0 aromatic rings. The summed E-state index contributed by atoms with van der Waals surface area (Å²) in [5.74, 6) is 0. The first-order valence-electron chi connectivity index (χ1n) is 0.875. The SMILES string of the molecule is O=C(O)O.[C-]#N.[Na+]. The molecule has 0 radical (unpaired) electrons. The van der Waals surface area contributed by atoms with Crippen molar-refractivity contribution >= 4 is 6.16 Å². The first-order chi connectivity index (χ1) is 2.73. The molecule has 4 nitrogen and oxygen atoms in total. The van der Waals surface area contributed by atoms with Crippen LogP contribution in [0.5, 0.6) is 0 Å². The molecule has 0 saturated heterocycles. The van der Waals surface area contributed by atoms with E-state index in [9.17, 15) is 0 Å². The quantitative estimate of drug-likeness (QED) is 0.263. The Morgan fingerprint density at radius 2 is 1.43 bits per heavy atom. The molecule has 2 N–H and O–H groups in total. The Hall–Kier alpha value is -0.240. The van der Waals surface area contributed by atoms with Gasteiger partial charge in [-0.1, -0.05) is 0 Å². The first-order valence-corrected chi connectivity index (χ1v) is 0.875. The van der Waals surface area contributed by atoms with Crippen molar-refractivity contribution in [2.24, 2.45) is 0 Å². The number of carboxylic acid groups (broad SMARTS) is 2. The van der Waals surface area contributed by atoms with E-state index in [-0.39, 0.29) is 29.6 Å². The summed E-state index contributed by atoms with van der Waals surface area (Å²) in [6, 6.07) is 0. The molecule has 0 atom stereocenters. The Morgan fingerprint density at radius 3 is 1.43 bits per heavy atom. The summed E-state index contributed by atoms with van der Waals surface area (Å²) in [7, 11) is 0. The van der Waals surface area contributed by atoms with Crippen molar-refractivity contribution < 1.29 is 44.6 Å². The van der Waals surface area contributed by atoms with Crippen LogP contribution in [0.25, 0.3) is 0 Å². The number of hydrogen-bond acceptors (Lipinski definition) is 2. The third kappa shape index (κ3) is 1410. The van der Waals surface area contributed by atoms with Crippen molar-refractivity contribution in [3.05, 3.63) is 6.57 Å². The third-order valence-electron chi connectivity index (χ3n) is 0. The Kier molecular flexibility index (Phi) is 38.8. The van der Waals surface area contributed by atoms with Crippen LogP contribution in [-0.2, 0) is 0 Å². The fourth-order valence-corrected chi connectivity index (χ4v) is 0. The van der Waals surface area contributed by atoms with Crippen molar-refractivity contribution in [1.29, 1.82) is 5.26 Å². The van der Waals surface area contributed by atoms with Gasteiger partial charge < -0.3 is 22.0 Å². The molecule has 0 aromatic heterocycles. The van der Waals surface area contributed by atoms with E-state index in [0.717, 1.165) is 0 Å². The van der Waals surface area contributed by atoms with Crippen LogP contribution in [0.4, 0.5) is 4.79 Å². The van der Waals surface area contributed by atoms with Gasteiger partial charge in [-0.25, -0.2) is 4.79 Å². The van der Waals surface area contributed by atoms with Gasteiger partial charge in [-0.15, -0.1) is 0 Å². The fraction of sp³-hybridized carbons (Fsp3) is 0. The summed E-state index contributed by atoms with van der Waals surface area (Å²) in [6.45, 7) is 4.75. The molecule has 0 rings (SSSR count). The molecule has 34 valence electrons. The molecule has 0 fully saturated rings. The van der Waals surface area contributed by atoms with Crippen molar-refractivity contribution in [1.82, 2.24) is 0 Å². The monoisotopic (exact) mass is 111 g/mol. The minimum Gasteiger partial charge on any atom is -0.512 e. The van der Waals surface area contributed by atoms with Crippen molar-refractivity contribution in [2.75, 3.05) is 0 Å². The van der Waals surface area contributed by atoms with Gasteiger partial charge in [0.2, 0.25) is 0 Å². The van der Waals surface area contributed by atoms with E-state index in [0.29, 0.717) is 0 Å². The second kappa shape index (κ2) is 17.1. The fourth-order valence-electron chi connectivity index (χ4n) is 0. The maximum Gasteiger partial charge on any atom is 1.00 e. The minimum absolute atomic E-state index is 0. The van der Waals surface area contributed by atoms with Crippen LogP contribution in [-0.4, -0.2) is 16.4 Å². The van der Waals surface area contributed by atoms with Gasteiger partial charge in [0.25, 0.3) is 0 Å². The van der Waals surface area contributed by atoms with Gasteiger partial charge in [0.05, 0.1) is 0 Å². The number of hydrogen-bond donors (Lipinski definition) is 2. The van der Waals surface area contributed by atoms with E-state index < -0.39 is 6.16 Å². The van der Waals surface area contributed by atoms with Crippen LogP contribution in [0.15, 0.2) is 0 Å². The number of rotatable bonds is 0. The predicted molar refractivity (Wildman–Crippen MR) is 15.6 cm³/mol. The van der Waals surface area contributed by atoms with Crippen molar-refractivity contribution in [2.45, 2.75) is 0 Å². The molecule has 5 heteroatoms. The molecule has 7 heavy (non-hydrogen) atoms. The smallest absolute Gasteiger partial charge is 0.512 e. The van der Waals surface area contributed by atoms with Gasteiger partial charge in [0.15, 0.2) is 0 Å². The first kappa shape index (κ1) is 15.9. The van der Waals surface area contributed by atoms with Gasteiger partial charge in [-0.2, -0.15) is 0 Å². The second-order valence-corrected chi connectivity index (χ2v) is 0.283. The summed E-state index contributed by atoms with van der Waals surface area (Å²) in [5, 5.41) is 20.2. The minimum atomic E-state index is -1.83. The number of nitrogens with zero attached hydrogens (tertiary/aromatic N) is 1. The summed E-state index contributed by atoms with van der Waals surface area (Å²) < 4.78 is 0. The largest absolute Gasteiger partial charge is 1.00 e. The Bertz CT molecular complexity index is 57.2.